The summed E-state index contributed by atoms with van der Waals surface area (Å²) in [6, 6.07) is 5.72. The van der Waals surface area contributed by atoms with Crippen LogP contribution in [0, 0.1) is 0 Å². The van der Waals surface area contributed by atoms with Crippen LogP contribution in [-0.4, -0.2) is 55.4 Å². The number of halogens is 2. The van der Waals surface area contributed by atoms with Crippen LogP contribution in [0.2, 0.25) is 0 Å². The SMILES string of the molecule is CNCCCC(=O)NCC(=O)N(C)CCc1ccccn1.Cl.Cl. The van der Waals surface area contributed by atoms with E-state index in [1.54, 1.807) is 18.1 Å². The molecule has 0 unspecified atom stereocenters. The van der Waals surface area contributed by atoms with Gasteiger partial charge < -0.3 is 15.5 Å². The number of carbonyl (C=O) groups is 2. The minimum atomic E-state index is -0.0899. The van der Waals surface area contributed by atoms with Gasteiger partial charge in [0.1, 0.15) is 0 Å². The van der Waals surface area contributed by atoms with E-state index in [-0.39, 0.29) is 43.2 Å². The minimum absolute atomic E-state index is 0. The van der Waals surface area contributed by atoms with Crippen LogP contribution in [0.3, 0.4) is 0 Å². The Kier molecular flexibility index (Phi) is 14.8. The van der Waals surface area contributed by atoms with Crippen molar-refractivity contribution in [1.82, 2.24) is 20.5 Å². The van der Waals surface area contributed by atoms with Crippen molar-refractivity contribution in [1.29, 1.82) is 0 Å². The Morgan fingerprint density at radius 3 is 2.61 bits per heavy atom. The second-order valence-electron chi connectivity index (χ2n) is 4.87. The Balaban J connectivity index is 0. The summed E-state index contributed by atoms with van der Waals surface area (Å²) in [6.07, 6.45) is 3.65. The van der Waals surface area contributed by atoms with Gasteiger partial charge in [-0.15, -0.1) is 24.8 Å². The molecule has 1 heterocycles. The molecule has 0 radical (unpaired) electrons. The molecule has 2 amide bonds. The zero-order valence-corrected chi connectivity index (χ0v) is 15.2. The van der Waals surface area contributed by atoms with Crippen molar-refractivity contribution in [3.8, 4) is 0 Å². The molecular weight excluding hydrogens is 339 g/mol. The highest BCUT2D eigenvalue weighted by molar-refractivity contribution is 5.85. The summed E-state index contributed by atoms with van der Waals surface area (Å²) in [5.41, 5.74) is 0.952. The highest BCUT2D eigenvalue weighted by Crippen LogP contribution is 1.96. The fourth-order valence-corrected chi connectivity index (χ4v) is 1.78. The van der Waals surface area contributed by atoms with Crippen molar-refractivity contribution in [2.45, 2.75) is 19.3 Å². The van der Waals surface area contributed by atoms with Gasteiger partial charge in [-0.3, -0.25) is 14.6 Å². The average Bonchev–Trinajstić information content (AvgIpc) is 2.51. The minimum Gasteiger partial charge on any atom is -0.347 e. The number of carbonyl (C=O) groups excluding carboxylic acids is 2. The number of amides is 2. The van der Waals surface area contributed by atoms with E-state index in [1.165, 1.54) is 0 Å². The highest BCUT2D eigenvalue weighted by atomic mass is 35.5. The zero-order chi connectivity index (χ0) is 15.5. The van der Waals surface area contributed by atoms with Crippen LogP contribution in [0.15, 0.2) is 24.4 Å². The summed E-state index contributed by atoms with van der Waals surface area (Å²) >= 11 is 0. The van der Waals surface area contributed by atoms with Gasteiger partial charge in [-0.25, -0.2) is 0 Å². The molecular formula is C15H26Cl2N4O2. The molecule has 0 aliphatic carbocycles. The summed E-state index contributed by atoms with van der Waals surface area (Å²) in [7, 11) is 3.58. The van der Waals surface area contributed by atoms with E-state index in [4.69, 9.17) is 0 Å². The third-order valence-electron chi connectivity index (χ3n) is 3.12. The number of nitrogens with zero attached hydrogens (tertiary/aromatic N) is 2. The van der Waals surface area contributed by atoms with E-state index in [0.29, 0.717) is 19.4 Å². The number of rotatable bonds is 9. The third kappa shape index (κ3) is 10.9. The lowest BCUT2D eigenvalue weighted by molar-refractivity contribution is -0.131. The van der Waals surface area contributed by atoms with Gasteiger partial charge in [0.25, 0.3) is 0 Å². The van der Waals surface area contributed by atoms with Crippen LogP contribution in [0.5, 0.6) is 0 Å². The first-order chi connectivity index (χ1) is 10.1. The molecule has 1 aromatic heterocycles. The molecule has 0 aliphatic heterocycles. The molecule has 0 spiro atoms. The van der Waals surface area contributed by atoms with Crippen LogP contribution in [0.1, 0.15) is 18.5 Å². The van der Waals surface area contributed by atoms with Gasteiger partial charge in [0.2, 0.25) is 11.8 Å². The summed E-state index contributed by atoms with van der Waals surface area (Å²) in [5, 5.41) is 5.62. The van der Waals surface area contributed by atoms with Gasteiger partial charge in [0.15, 0.2) is 0 Å². The topological polar surface area (TPSA) is 74.3 Å². The first-order valence-corrected chi connectivity index (χ1v) is 7.18. The standard InChI is InChI=1S/C15H24N4O2.2ClH/c1-16-9-5-7-14(20)18-12-15(21)19(2)11-8-13-6-3-4-10-17-13;;/h3-4,6,10,16H,5,7-9,11-12H2,1-2H3,(H,18,20);2*1H. The summed E-state index contributed by atoms with van der Waals surface area (Å²) in [5.74, 6) is -0.176. The molecule has 0 atom stereocenters. The molecule has 0 fully saturated rings. The number of hydrogen-bond donors (Lipinski definition) is 2. The van der Waals surface area contributed by atoms with E-state index >= 15 is 0 Å². The number of pyridine rings is 1. The Bertz CT molecular complexity index is 446. The molecule has 132 valence electrons. The Morgan fingerprint density at radius 1 is 1.26 bits per heavy atom. The van der Waals surface area contributed by atoms with Crippen LogP contribution in [0.25, 0.3) is 0 Å². The van der Waals surface area contributed by atoms with Gasteiger partial charge in [-0.2, -0.15) is 0 Å². The molecule has 23 heavy (non-hydrogen) atoms. The van der Waals surface area contributed by atoms with Crippen LogP contribution in [-0.2, 0) is 16.0 Å². The third-order valence-corrected chi connectivity index (χ3v) is 3.12. The molecule has 8 heteroatoms. The quantitative estimate of drug-likeness (QED) is 0.642. The summed E-state index contributed by atoms with van der Waals surface area (Å²) in [6.45, 7) is 1.44. The smallest absolute Gasteiger partial charge is 0.241 e. The fourth-order valence-electron chi connectivity index (χ4n) is 1.78. The van der Waals surface area contributed by atoms with Gasteiger partial charge in [-0.1, -0.05) is 6.07 Å². The maximum atomic E-state index is 11.9. The predicted molar refractivity (Wildman–Crippen MR) is 96.2 cm³/mol. The fraction of sp³-hybridized carbons (Fsp3) is 0.533. The molecule has 1 aromatic rings. The van der Waals surface area contributed by atoms with Crippen molar-refractivity contribution in [2.24, 2.45) is 0 Å². The normalized spacial score (nSPS) is 9.30. The maximum Gasteiger partial charge on any atom is 0.241 e. The van der Waals surface area contributed by atoms with Gasteiger partial charge in [0, 0.05) is 38.3 Å². The first kappa shape index (κ1) is 23.9. The van der Waals surface area contributed by atoms with Gasteiger partial charge in [-0.05, 0) is 32.1 Å². The predicted octanol–water partition coefficient (Wildman–Crippen LogP) is 1.04. The molecule has 6 nitrogen and oxygen atoms in total. The Hall–Kier alpha value is -1.37. The summed E-state index contributed by atoms with van der Waals surface area (Å²) < 4.78 is 0. The van der Waals surface area contributed by atoms with Crippen molar-refractivity contribution in [3.05, 3.63) is 30.1 Å². The second-order valence-corrected chi connectivity index (χ2v) is 4.87. The van der Waals surface area contributed by atoms with Gasteiger partial charge >= 0.3 is 0 Å². The number of likely N-dealkylation sites (N-methyl/N-ethyl adjacent to an activating group) is 1. The van der Waals surface area contributed by atoms with Crippen molar-refractivity contribution in [3.63, 3.8) is 0 Å². The van der Waals surface area contributed by atoms with Gasteiger partial charge in [0.05, 0.1) is 6.54 Å². The number of hydrogen-bond acceptors (Lipinski definition) is 4. The summed E-state index contributed by atoms with van der Waals surface area (Å²) in [4.78, 5) is 29.2. The molecule has 2 N–H and O–H groups in total. The molecule has 0 aromatic carbocycles. The van der Waals surface area contributed by atoms with Crippen molar-refractivity contribution >= 4 is 36.6 Å². The van der Waals surface area contributed by atoms with E-state index in [9.17, 15) is 9.59 Å². The monoisotopic (exact) mass is 364 g/mol. The molecule has 1 rings (SSSR count). The van der Waals surface area contributed by atoms with Crippen molar-refractivity contribution < 1.29 is 9.59 Å². The van der Waals surface area contributed by atoms with E-state index in [0.717, 1.165) is 18.7 Å². The van der Waals surface area contributed by atoms with Crippen LogP contribution < -0.4 is 10.6 Å². The molecule has 0 aliphatic rings. The maximum absolute atomic E-state index is 11.9. The lowest BCUT2D eigenvalue weighted by Gasteiger charge is -2.17. The van der Waals surface area contributed by atoms with E-state index in [2.05, 4.69) is 15.6 Å². The number of nitrogens with one attached hydrogen (secondary N) is 2. The molecule has 0 bridgehead atoms. The molecule has 0 saturated carbocycles. The molecule has 0 saturated heterocycles. The van der Waals surface area contributed by atoms with Crippen LogP contribution in [0.4, 0.5) is 0 Å². The Labute approximate surface area is 150 Å². The second kappa shape index (κ2) is 14.2. The highest BCUT2D eigenvalue weighted by Gasteiger charge is 2.10. The van der Waals surface area contributed by atoms with Crippen molar-refractivity contribution in [2.75, 3.05) is 33.7 Å². The lowest BCUT2D eigenvalue weighted by Crippen LogP contribution is -2.39. The van der Waals surface area contributed by atoms with E-state index < -0.39 is 0 Å². The zero-order valence-electron chi connectivity index (χ0n) is 13.6. The largest absolute Gasteiger partial charge is 0.347 e. The Morgan fingerprint density at radius 2 is 2.00 bits per heavy atom. The van der Waals surface area contributed by atoms with E-state index in [1.807, 2.05) is 25.2 Å². The average molecular weight is 365 g/mol. The van der Waals surface area contributed by atoms with Crippen LogP contribution >= 0.6 is 24.8 Å². The lowest BCUT2D eigenvalue weighted by atomic mass is 10.2. The first-order valence-electron chi connectivity index (χ1n) is 7.18. The number of aromatic nitrogens is 1.